The number of piperidine rings is 1. The lowest BCUT2D eigenvalue weighted by atomic mass is 9.97. The first kappa shape index (κ1) is 24.3. The van der Waals surface area contributed by atoms with Crippen LogP contribution in [-0.2, 0) is 4.74 Å². The number of para-hydroxylation sites is 1. The minimum Gasteiger partial charge on any atom is -0.506 e. The molecule has 0 unspecified atom stereocenters. The predicted octanol–water partition coefficient (Wildman–Crippen LogP) is 4.51. The van der Waals surface area contributed by atoms with Crippen molar-refractivity contribution in [1.82, 2.24) is 10.3 Å². The van der Waals surface area contributed by atoms with Gasteiger partial charge in [0, 0.05) is 36.3 Å². The molecule has 1 saturated heterocycles. The monoisotopic (exact) mass is 476 g/mol. The number of aromatic hydroxyl groups is 1. The molecule has 4 N–H and O–H groups in total. The van der Waals surface area contributed by atoms with Gasteiger partial charge in [-0.1, -0.05) is 18.2 Å². The standard InChI is InChI=1S/C27H32N4O4/c1-16-15-29-22-9-8-17(19-6-5-7-20(24(19)32)25(28)33)14-21(22)23(16)31-12-10-18(11-13-31)30-26(34)35-27(2,3)4/h5-9,14-15,18,32H,10-13H2,1-4H3,(H2,28,33)(H,30,34). The topological polar surface area (TPSA) is 118 Å². The van der Waals surface area contributed by atoms with Crippen LogP contribution in [0.5, 0.6) is 5.75 Å². The SMILES string of the molecule is Cc1cnc2ccc(-c3cccc(C(N)=O)c3O)cc2c1N1CCC(NC(=O)OC(C)(C)C)CC1. The maximum Gasteiger partial charge on any atom is 0.407 e. The van der Waals surface area contributed by atoms with Crippen molar-refractivity contribution in [3.8, 4) is 16.9 Å². The minimum absolute atomic E-state index is 0.0542. The van der Waals surface area contributed by atoms with E-state index in [1.165, 1.54) is 6.07 Å². The predicted molar refractivity (Wildman–Crippen MR) is 137 cm³/mol. The number of fused-ring (bicyclic) bond motifs is 1. The van der Waals surface area contributed by atoms with Gasteiger partial charge in [0.1, 0.15) is 11.4 Å². The first-order chi connectivity index (χ1) is 16.5. The van der Waals surface area contributed by atoms with E-state index in [9.17, 15) is 14.7 Å². The molecule has 1 aliphatic heterocycles. The molecule has 2 aromatic carbocycles. The number of benzene rings is 2. The quantitative estimate of drug-likeness (QED) is 0.510. The summed E-state index contributed by atoms with van der Waals surface area (Å²) in [6.45, 7) is 9.13. The third-order valence-electron chi connectivity index (χ3n) is 6.17. The number of carbonyl (C=O) groups excluding carboxylic acids is 2. The van der Waals surface area contributed by atoms with Crippen molar-refractivity contribution in [2.75, 3.05) is 18.0 Å². The van der Waals surface area contributed by atoms with Crippen molar-refractivity contribution >= 4 is 28.6 Å². The molecule has 0 saturated carbocycles. The molecule has 8 heteroatoms. The average Bonchev–Trinajstić information content (AvgIpc) is 2.78. The molecule has 4 rings (SSSR count). The van der Waals surface area contributed by atoms with Crippen LogP contribution < -0.4 is 16.0 Å². The number of aryl methyl sites for hydroxylation is 1. The molecule has 1 aromatic heterocycles. The van der Waals surface area contributed by atoms with Crippen molar-refractivity contribution in [1.29, 1.82) is 0 Å². The summed E-state index contributed by atoms with van der Waals surface area (Å²) in [5.41, 5.74) is 9.25. The maximum absolute atomic E-state index is 12.2. The van der Waals surface area contributed by atoms with E-state index in [4.69, 9.17) is 10.5 Å². The number of rotatable bonds is 4. The number of aromatic nitrogens is 1. The normalized spacial score (nSPS) is 14.7. The number of ether oxygens (including phenoxy) is 1. The molecular weight excluding hydrogens is 444 g/mol. The molecule has 0 atom stereocenters. The van der Waals surface area contributed by atoms with Crippen LogP contribution in [0.25, 0.3) is 22.0 Å². The third kappa shape index (κ3) is 5.31. The lowest BCUT2D eigenvalue weighted by Crippen LogP contribution is -2.46. The van der Waals surface area contributed by atoms with Crippen molar-refractivity contribution in [2.45, 2.75) is 52.2 Å². The Morgan fingerprint density at radius 2 is 1.89 bits per heavy atom. The summed E-state index contributed by atoms with van der Waals surface area (Å²) in [5, 5.41) is 14.6. The first-order valence-corrected chi connectivity index (χ1v) is 11.8. The number of anilines is 1. The van der Waals surface area contributed by atoms with E-state index in [1.54, 1.807) is 12.1 Å². The van der Waals surface area contributed by atoms with E-state index in [2.05, 4.69) is 15.2 Å². The number of amides is 2. The second kappa shape index (κ2) is 9.44. The molecule has 35 heavy (non-hydrogen) atoms. The summed E-state index contributed by atoms with van der Waals surface area (Å²) in [6, 6.07) is 10.8. The van der Waals surface area contributed by atoms with Gasteiger partial charge in [0.05, 0.1) is 16.8 Å². The molecule has 8 nitrogen and oxygen atoms in total. The number of primary amides is 1. The van der Waals surface area contributed by atoms with Crippen LogP contribution in [0.15, 0.2) is 42.6 Å². The van der Waals surface area contributed by atoms with Crippen molar-refractivity contribution in [3.63, 3.8) is 0 Å². The number of alkyl carbamates (subject to hydrolysis) is 1. The highest BCUT2D eigenvalue weighted by Gasteiger charge is 2.25. The zero-order valence-corrected chi connectivity index (χ0v) is 20.6. The highest BCUT2D eigenvalue weighted by Crippen LogP contribution is 2.37. The van der Waals surface area contributed by atoms with Gasteiger partial charge in [-0.3, -0.25) is 9.78 Å². The van der Waals surface area contributed by atoms with Gasteiger partial charge in [0.25, 0.3) is 5.91 Å². The van der Waals surface area contributed by atoms with Crippen LogP contribution in [0.1, 0.15) is 49.5 Å². The molecule has 2 heterocycles. The van der Waals surface area contributed by atoms with Gasteiger partial charge in [-0.25, -0.2) is 4.79 Å². The third-order valence-corrected chi connectivity index (χ3v) is 6.17. The van der Waals surface area contributed by atoms with Crippen LogP contribution in [-0.4, -0.2) is 46.8 Å². The number of carbonyl (C=O) groups is 2. The second-order valence-corrected chi connectivity index (χ2v) is 10.00. The Labute approximate surface area is 205 Å². The molecule has 1 fully saturated rings. The molecule has 0 bridgehead atoms. The summed E-state index contributed by atoms with van der Waals surface area (Å²) in [4.78, 5) is 30.8. The Morgan fingerprint density at radius 1 is 1.17 bits per heavy atom. The maximum atomic E-state index is 12.2. The first-order valence-electron chi connectivity index (χ1n) is 11.8. The van der Waals surface area contributed by atoms with Gasteiger partial charge in [-0.15, -0.1) is 0 Å². The number of hydrogen-bond donors (Lipinski definition) is 3. The highest BCUT2D eigenvalue weighted by atomic mass is 16.6. The van der Waals surface area contributed by atoms with E-state index in [0.29, 0.717) is 5.56 Å². The van der Waals surface area contributed by atoms with E-state index in [-0.39, 0.29) is 23.4 Å². The fourth-order valence-electron chi connectivity index (χ4n) is 4.56. The fourth-order valence-corrected chi connectivity index (χ4v) is 4.56. The number of nitrogens with one attached hydrogen (secondary N) is 1. The Morgan fingerprint density at radius 3 is 2.54 bits per heavy atom. The summed E-state index contributed by atoms with van der Waals surface area (Å²) < 4.78 is 5.40. The van der Waals surface area contributed by atoms with Gasteiger partial charge in [-0.2, -0.15) is 0 Å². The largest absolute Gasteiger partial charge is 0.506 e. The van der Waals surface area contributed by atoms with E-state index in [1.807, 2.05) is 52.1 Å². The molecule has 1 aliphatic rings. The Bertz CT molecular complexity index is 1270. The summed E-state index contributed by atoms with van der Waals surface area (Å²) in [7, 11) is 0. The van der Waals surface area contributed by atoms with Crippen LogP contribution >= 0.6 is 0 Å². The molecule has 0 aliphatic carbocycles. The van der Waals surface area contributed by atoms with Crippen LogP contribution in [0.4, 0.5) is 10.5 Å². The molecule has 0 spiro atoms. The number of nitrogens with two attached hydrogens (primary N) is 1. The number of nitrogens with zero attached hydrogens (tertiary/aromatic N) is 2. The number of pyridine rings is 1. The van der Waals surface area contributed by atoms with Gasteiger partial charge in [-0.05, 0) is 69.9 Å². The molecule has 184 valence electrons. The van der Waals surface area contributed by atoms with Gasteiger partial charge in [0.15, 0.2) is 0 Å². The van der Waals surface area contributed by atoms with Crippen LogP contribution in [0.2, 0.25) is 0 Å². The minimum atomic E-state index is -0.675. The zero-order chi connectivity index (χ0) is 25.3. The van der Waals surface area contributed by atoms with Gasteiger partial charge < -0.3 is 25.8 Å². The van der Waals surface area contributed by atoms with Crippen LogP contribution in [0.3, 0.4) is 0 Å². The Kier molecular flexibility index (Phi) is 6.56. The summed E-state index contributed by atoms with van der Waals surface area (Å²) in [5.74, 6) is -0.804. The molecule has 3 aromatic rings. The number of phenols is 1. The molecule has 2 amide bonds. The second-order valence-electron chi connectivity index (χ2n) is 10.00. The van der Waals surface area contributed by atoms with E-state index in [0.717, 1.165) is 53.6 Å². The molecule has 0 radical (unpaired) electrons. The fraction of sp³-hybridized carbons (Fsp3) is 0.370. The summed E-state index contributed by atoms with van der Waals surface area (Å²) >= 11 is 0. The lowest BCUT2D eigenvalue weighted by molar-refractivity contribution is 0.0497. The zero-order valence-electron chi connectivity index (χ0n) is 20.6. The Hall–Kier alpha value is -3.81. The van der Waals surface area contributed by atoms with E-state index >= 15 is 0 Å². The smallest absolute Gasteiger partial charge is 0.407 e. The van der Waals surface area contributed by atoms with Crippen molar-refractivity contribution < 1.29 is 19.4 Å². The van der Waals surface area contributed by atoms with Gasteiger partial charge >= 0.3 is 6.09 Å². The Balaban J connectivity index is 1.61. The summed E-state index contributed by atoms with van der Waals surface area (Å²) in [6.07, 6.45) is 3.07. The highest BCUT2D eigenvalue weighted by molar-refractivity contribution is 6.00. The van der Waals surface area contributed by atoms with Crippen LogP contribution in [0, 0.1) is 6.92 Å². The number of hydrogen-bond acceptors (Lipinski definition) is 6. The van der Waals surface area contributed by atoms with E-state index < -0.39 is 11.5 Å². The van der Waals surface area contributed by atoms with Crippen molar-refractivity contribution in [3.05, 3.63) is 53.7 Å². The lowest BCUT2D eigenvalue weighted by Gasteiger charge is -2.35. The molecular formula is C27H32N4O4. The van der Waals surface area contributed by atoms with Gasteiger partial charge in [0.2, 0.25) is 0 Å². The van der Waals surface area contributed by atoms with Crippen molar-refractivity contribution in [2.24, 2.45) is 5.73 Å². The average molecular weight is 477 g/mol.